The van der Waals surface area contributed by atoms with Crippen LogP contribution in [0.15, 0.2) is 59.4 Å². The number of aliphatic carboxylic acids is 1. The van der Waals surface area contributed by atoms with E-state index in [1.54, 1.807) is 44.3 Å². The summed E-state index contributed by atoms with van der Waals surface area (Å²) in [5.41, 5.74) is 27.2. The van der Waals surface area contributed by atoms with Gasteiger partial charge in [-0.3, -0.25) is 41.2 Å². The Balaban J connectivity index is 0.000000235. The minimum atomic E-state index is -5.13. The highest BCUT2D eigenvalue weighted by Crippen LogP contribution is 2.57. The molecule has 51 nitrogen and oxygen atoms in total. The number of thioether (sulfide) groups is 2. The van der Waals surface area contributed by atoms with E-state index in [1.165, 1.54) is 52.6 Å². The molecule has 6 aliphatic heterocycles. The van der Waals surface area contributed by atoms with Gasteiger partial charge in [-0.25, -0.2) is 67.6 Å². The van der Waals surface area contributed by atoms with E-state index in [2.05, 4.69) is 59.6 Å². The maximum absolute atomic E-state index is 13.9. The van der Waals surface area contributed by atoms with E-state index in [1.807, 2.05) is 0 Å². The fourth-order valence-electron chi connectivity index (χ4n) is 12.7. The number of halogens is 3. The normalized spacial score (nSPS) is 27.0. The number of phosphoric acid groups is 3. The largest absolute Gasteiger partial charge is 0.570 e. The highest BCUT2D eigenvalue weighted by molar-refractivity contribution is 8.00. The summed E-state index contributed by atoms with van der Waals surface area (Å²) in [4.78, 5) is 176. The van der Waals surface area contributed by atoms with Crippen LogP contribution in [-0.2, 0) is 88.4 Å². The quantitative estimate of drug-likeness (QED) is 0.0143. The zero-order chi connectivity index (χ0) is 87.7. The van der Waals surface area contributed by atoms with E-state index in [0.717, 1.165) is 46.5 Å². The smallest absolute Gasteiger partial charge is 0.475 e. The number of carboxylic acid groups (broad SMARTS) is 1. The summed E-state index contributed by atoms with van der Waals surface area (Å²) in [6.07, 6.45) is -15.6. The van der Waals surface area contributed by atoms with Crippen molar-refractivity contribution >= 4 is 125 Å². The molecule has 19 atom stereocenters. The predicted octanol–water partition coefficient (Wildman–Crippen LogP) is -0.832. The lowest BCUT2D eigenvalue weighted by atomic mass is 10.1. The van der Waals surface area contributed by atoms with Crippen LogP contribution in [0.5, 0.6) is 0 Å². The monoisotopic (exact) mass is 1830 g/mol. The average Bonchev–Trinajstić information content (AvgIpc) is 1.62. The zero-order valence-corrected chi connectivity index (χ0v) is 68.3. The number of nitrogens with one attached hydrogen (secondary N) is 2. The Kier molecular flexibility index (Phi) is 31.6. The van der Waals surface area contributed by atoms with Crippen LogP contribution in [0.3, 0.4) is 0 Å². The van der Waals surface area contributed by atoms with Gasteiger partial charge < -0.3 is 112 Å². The van der Waals surface area contributed by atoms with E-state index in [0.29, 0.717) is 12.8 Å². The molecule has 666 valence electrons. The van der Waals surface area contributed by atoms with Gasteiger partial charge in [0.1, 0.15) is 121 Å². The first-order chi connectivity index (χ1) is 56.2. The van der Waals surface area contributed by atoms with Gasteiger partial charge in [-0.05, 0) is 77.2 Å². The number of alkyl carbamates (subject to hydrolysis) is 1. The van der Waals surface area contributed by atoms with Crippen LogP contribution in [-0.4, -0.2) is 272 Å². The molecular formula is C60H87F3N19O32P4S2+. The lowest BCUT2D eigenvalue weighted by Crippen LogP contribution is -2.48. The van der Waals surface area contributed by atoms with Crippen molar-refractivity contribution in [2.75, 3.05) is 67.5 Å². The molecule has 0 bridgehead atoms. The van der Waals surface area contributed by atoms with E-state index in [-0.39, 0.29) is 81.8 Å². The Morgan fingerprint density at radius 1 is 0.675 bits per heavy atom. The van der Waals surface area contributed by atoms with Crippen LogP contribution >= 0.6 is 55.2 Å². The molecule has 6 fully saturated rings. The maximum Gasteiger partial charge on any atom is 0.570 e. The predicted molar refractivity (Wildman–Crippen MR) is 404 cm³/mol. The fourth-order valence-corrected chi connectivity index (χ4v) is 17.6. The summed E-state index contributed by atoms with van der Waals surface area (Å²) < 4.78 is 144. The van der Waals surface area contributed by atoms with Crippen molar-refractivity contribution in [3.63, 3.8) is 0 Å². The maximum atomic E-state index is 13.9. The molecule has 6 aromatic heterocycles. The van der Waals surface area contributed by atoms with Crippen molar-refractivity contribution < 1.29 is 156 Å². The SMILES string of the molecule is CC(C)(C)OC(=O)N[C@@H](CC[C@H]1CCCS1)C(=O)O[C@H]1[C@@H](O)[C@H](n2cnc3c(N)ncnc32)O[C@@H]1CO[P+](O)(O)O[C@H]1C[C@H](n2ccc(N)nc2=O)O[C@@H]1COP(=O)(O)O.Nc1ccn([C@H]2C[C@H](OP(=O)(O)OC[C@H]3O[C@@H](n4cnc5c(N)ncnc54)[C@H](O)[C@@H]3OC(=O)[C@@H](N)CC[C@H]3CNCS3)[C@@H](COP(=O)(O)O)O2)c(=O)n1.O=C(O)C(F)(F)F. The second kappa shape index (κ2) is 40.0. The number of nitrogens with two attached hydrogens (primary N) is 5. The average molecular weight is 1830 g/mol. The van der Waals surface area contributed by atoms with E-state index < -0.39 is 203 Å². The summed E-state index contributed by atoms with van der Waals surface area (Å²) in [6, 6.07) is 0.293. The van der Waals surface area contributed by atoms with Crippen LogP contribution in [0, 0.1) is 0 Å². The molecule has 1 amide bonds. The number of rotatable bonds is 31. The molecule has 6 saturated heterocycles. The summed E-state index contributed by atoms with van der Waals surface area (Å²) in [6.45, 7) is 2.51. The Morgan fingerprint density at radius 2 is 1.17 bits per heavy atom. The van der Waals surface area contributed by atoms with Crippen molar-refractivity contribution in [3.8, 4) is 0 Å². The Labute approximate surface area is 683 Å². The Morgan fingerprint density at radius 3 is 1.64 bits per heavy atom. The number of carbonyl (C=O) groups excluding carboxylic acids is 3. The molecule has 6 aromatic rings. The molecule has 120 heavy (non-hydrogen) atoms. The van der Waals surface area contributed by atoms with Gasteiger partial charge in [0.05, 0.1) is 32.5 Å². The number of amides is 1. The number of aliphatic hydroxyl groups is 2. The van der Waals surface area contributed by atoms with Crippen molar-refractivity contribution in [1.29, 1.82) is 0 Å². The minimum Gasteiger partial charge on any atom is -0.475 e. The first kappa shape index (κ1) is 94.8. The van der Waals surface area contributed by atoms with Gasteiger partial charge in [0.2, 0.25) is 0 Å². The lowest BCUT2D eigenvalue weighted by molar-refractivity contribution is -0.192. The molecular weight excluding hydrogens is 1740 g/mol. The standard InChI is InChI=1S/C32H47N9O16P2S.C26H38N10O14P2S.C2HF3O2/c1-32(2,3)56-31(45)38-17(7-6-16-5-4-10-60-16)29(43)55-25-20(54-28(24(25)42)41-15-37-23-26(34)35-14-36-27(23)41)13-52-59(49,50)57-18-11-22(40-9-8-21(33)39-30(40)44)53-19(18)12-51-58(46,47)48;27-13(2-1-12-6-30-11-53-12)25(38)49-21-16(48-24(20(21)37)36-10-33-19-22(29)31-9-32-23(19)36)8-46-52(43,44)50-14-5-18(35-4-3-17(28)34-26(35)39)47-15(14)7-45-51(40,41)42;3-2(4,5)1(6)7/h8-9,14-20,22,24-25,28,42,49-50H,4-7,10-13H2,1-3H3,(H6-,33,34,35,36,38,39,44,45,46,47,48);3-4,9-10,12-16,18,20-21,24,30,37H,1-2,5-8,11,27H2,(H,43,44)(H2,28,34,39)(H2,29,31,32)(H2,40,41,42);(H,6,7)/p+1/t16-,17+,18+,19-,20-,22-,24-,25-,28-;12-,13-,14-,15+,16+,18+,20+,21+,24+;/m10./s1. The number of hydrogen-bond acceptors (Lipinski definition) is 42. The number of carbonyl (C=O) groups is 4. The van der Waals surface area contributed by atoms with Crippen LogP contribution < -0.4 is 50.7 Å². The first-order valence-corrected chi connectivity index (χ1v) is 44.0. The zero-order valence-electron chi connectivity index (χ0n) is 63.1. The number of imidazole rings is 2. The van der Waals surface area contributed by atoms with Gasteiger partial charge in [-0.2, -0.15) is 49.2 Å². The van der Waals surface area contributed by atoms with Gasteiger partial charge in [0.25, 0.3) is 0 Å². The molecule has 0 spiro atoms. The summed E-state index contributed by atoms with van der Waals surface area (Å²) >= 11 is 3.45. The number of carboxylic acids is 1. The van der Waals surface area contributed by atoms with Gasteiger partial charge in [-0.15, -0.1) is 16.3 Å². The summed E-state index contributed by atoms with van der Waals surface area (Å²) in [5.74, 6) is -2.92. The van der Waals surface area contributed by atoms with Crippen molar-refractivity contribution in [2.24, 2.45) is 5.73 Å². The second-order valence-corrected chi connectivity index (χ2v) is 36.1. The highest BCUT2D eigenvalue weighted by Gasteiger charge is 2.56. The van der Waals surface area contributed by atoms with Gasteiger partial charge in [0.15, 0.2) is 47.6 Å². The first-order valence-electron chi connectivity index (χ1n) is 35.9. The number of nitrogen functional groups attached to an aromatic ring is 4. The third kappa shape index (κ3) is 26.1. The Bertz CT molecular complexity index is 4830. The number of aliphatic hydroxyl groups excluding tert-OH is 2. The molecule has 0 aromatic carbocycles. The van der Waals surface area contributed by atoms with Crippen molar-refractivity contribution in [3.05, 3.63) is 70.8 Å². The van der Waals surface area contributed by atoms with Gasteiger partial charge >= 0.3 is 73.2 Å². The Hall–Kier alpha value is -7.49. The number of esters is 2. The number of anilines is 4. The second-order valence-electron chi connectivity index (χ2n) is 28.1. The molecule has 22 N–H and O–H groups in total. The molecule has 0 aliphatic carbocycles. The summed E-state index contributed by atoms with van der Waals surface area (Å²) in [7, 11) is -20.2. The van der Waals surface area contributed by atoms with Gasteiger partial charge in [0, 0.05) is 48.2 Å². The van der Waals surface area contributed by atoms with E-state index in [4.69, 9.17) is 89.8 Å². The molecule has 6 aliphatic rings. The van der Waals surface area contributed by atoms with Crippen LogP contribution in [0.2, 0.25) is 0 Å². The third-order valence-electron chi connectivity index (χ3n) is 18.2. The van der Waals surface area contributed by atoms with Crippen molar-refractivity contribution in [1.82, 2.24) is 68.8 Å². The van der Waals surface area contributed by atoms with Gasteiger partial charge in [-0.1, -0.05) is 0 Å². The number of fused-ring (bicyclic) bond motifs is 2. The van der Waals surface area contributed by atoms with Crippen LogP contribution in [0.1, 0.15) is 97.0 Å². The fraction of sp³-hybridized carbons (Fsp3) is 0.633. The van der Waals surface area contributed by atoms with Crippen molar-refractivity contribution in [2.45, 2.75) is 192 Å². The number of hydrogen-bond donors (Lipinski definition) is 17. The number of phosphoric ester groups is 3. The molecule has 1 unspecified atom stereocenters. The number of nitrogens with zero attached hydrogens (tertiary/aromatic N) is 12. The lowest BCUT2D eigenvalue weighted by Gasteiger charge is -2.26. The number of aromatic nitrogens is 12. The minimum absolute atomic E-state index is 0.0260. The number of ether oxygens (including phenoxy) is 7. The topological polar surface area (TPSA) is 753 Å². The molecule has 60 heteroatoms. The van der Waals surface area contributed by atoms with Crippen LogP contribution in [0.25, 0.3) is 22.3 Å². The molecule has 12 heterocycles. The molecule has 0 saturated carbocycles. The third-order valence-corrected chi connectivity index (χ3v) is 23.9. The van der Waals surface area contributed by atoms with Crippen LogP contribution in [0.4, 0.5) is 41.2 Å². The van der Waals surface area contributed by atoms with E-state index >= 15 is 0 Å². The number of alkyl halides is 3. The molecule has 0 radical (unpaired) electrons. The highest BCUT2D eigenvalue weighted by atomic mass is 32.2. The molecule has 12 rings (SSSR count). The summed E-state index contributed by atoms with van der Waals surface area (Å²) in [5, 5.41) is 36.5. The van der Waals surface area contributed by atoms with E-state index in [9.17, 15) is 95.3 Å².